The minimum Gasteiger partial charge on any atom is -0.309 e. The fourth-order valence-electron chi connectivity index (χ4n) is 1.65. The maximum absolute atomic E-state index is 13.5. The Morgan fingerprint density at radius 1 is 1.35 bits per heavy atom. The molecule has 0 aliphatic heterocycles. The molecule has 1 aromatic rings. The van der Waals surface area contributed by atoms with Gasteiger partial charge in [0.1, 0.15) is 5.82 Å². The van der Waals surface area contributed by atoms with E-state index in [9.17, 15) is 4.39 Å². The van der Waals surface area contributed by atoms with Crippen molar-refractivity contribution in [3.8, 4) is 0 Å². The number of nitrogens with one attached hydrogen (secondary N) is 1. The quantitative estimate of drug-likeness (QED) is 0.792. The Bertz CT molecular complexity index is 333. The second-order valence-electron chi connectivity index (χ2n) is 4.17. The first-order valence-corrected chi connectivity index (χ1v) is 7.41. The van der Waals surface area contributed by atoms with Crippen LogP contribution in [0.5, 0.6) is 0 Å². The van der Waals surface area contributed by atoms with Crippen molar-refractivity contribution in [2.45, 2.75) is 33.2 Å². The van der Waals surface area contributed by atoms with Gasteiger partial charge in [-0.2, -0.15) is 11.8 Å². The Kier molecular flexibility index (Phi) is 6.60. The minimum absolute atomic E-state index is 0.104. The van der Waals surface area contributed by atoms with Gasteiger partial charge in [-0.05, 0) is 42.8 Å². The van der Waals surface area contributed by atoms with Gasteiger partial charge in [-0.3, -0.25) is 0 Å². The Morgan fingerprint density at radius 3 is 2.71 bits per heavy atom. The highest BCUT2D eigenvalue weighted by Gasteiger charge is 2.11. The van der Waals surface area contributed by atoms with Gasteiger partial charge in [-0.15, -0.1) is 0 Å². The summed E-state index contributed by atoms with van der Waals surface area (Å²) in [5.41, 5.74) is 1.77. The summed E-state index contributed by atoms with van der Waals surface area (Å²) in [6.07, 6.45) is 1.10. The number of hydrogen-bond acceptors (Lipinski definition) is 2. The van der Waals surface area contributed by atoms with Crippen molar-refractivity contribution >= 4 is 11.8 Å². The lowest BCUT2D eigenvalue weighted by molar-refractivity contribution is 0.566. The Balaban J connectivity index is 2.75. The first-order chi connectivity index (χ1) is 8.19. The standard InChI is InChI=1S/C14H22FNS/c1-4-8-16-14(10-17-5-2)12-7-6-11(3)13(15)9-12/h6-7,9,14,16H,4-5,8,10H2,1-3H3. The molecule has 0 bridgehead atoms. The summed E-state index contributed by atoms with van der Waals surface area (Å²) >= 11 is 1.89. The van der Waals surface area contributed by atoms with Gasteiger partial charge in [0.2, 0.25) is 0 Å². The van der Waals surface area contributed by atoms with Crippen molar-refractivity contribution in [2.75, 3.05) is 18.1 Å². The summed E-state index contributed by atoms with van der Waals surface area (Å²) in [5.74, 6) is 1.99. The fourth-order valence-corrected chi connectivity index (χ4v) is 2.43. The summed E-state index contributed by atoms with van der Waals surface area (Å²) < 4.78 is 13.5. The molecule has 0 heterocycles. The highest BCUT2D eigenvalue weighted by molar-refractivity contribution is 7.99. The van der Waals surface area contributed by atoms with E-state index in [1.54, 1.807) is 13.0 Å². The molecule has 96 valence electrons. The molecule has 0 aromatic heterocycles. The predicted molar refractivity (Wildman–Crippen MR) is 75.2 cm³/mol. The van der Waals surface area contributed by atoms with Crippen LogP contribution < -0.4 is 5.32 Å². The Morgan fingerprint density at radius 2 is 2.12 bits per heavy atom. The number of halogens is 1. The van der Waals surface area contributed by atoms with Crippen molar-refractivity contribution in [2.24, 2.45) is 0 Å². The number of rotatable bonds is 7. The van der Waals surface area contributed by atoms with Crippen LogP contribution in [0.3, 0.4) is 0 Å². The molecule has 1 unspecified atom stereocenters. The van der Waals surface area contributed by atoms with E-state index in [4.69, 9.17) is 0 Å². The lowest BCUT2D eigenvalue weighted by Crippen LogP contribution is -2.24. The molecule has 0 saturated carbocycles. The van der Waals surface area contributed by atoms with E-state index in [-0.39, 0.29) is 11.9 Å². The van der Waals surface area contributed by atoms with Crippen molar-refractivity contribution in [3.05, 3.63) is 35.1 Å². The van der Waals surface area contributed by atoms with Gasteiger partial charge in [0.15, 0.2) is 0 Å². The molecule has 0 radical (unpaired) electrons. The smallest absolute Gasteiger partial charge is 0.126 e. The monoisotopic (exact) mass is 255 g/mol. The van der Waals surface area contributed by atoms with Crippen LogP contribution >= 0.6 is 11.8 Å². The SMILES string of the molecule is CCCNC(CSCC)c1ccc(C)c(F)c1. The third-order valence-corrected chi connectivity index (χ3v) is 3.70. The van der Waals surface area contributed by atoms with E-state index < -0.39 is 0 Å². The highest BCUT2D eigenvalue weighted by atomic mass is 32.2. The molecule has 0 aliphatic carbocycles. The van der Waals surface area contributed by atoms with Crippen LogP contribution in [-0.2, 0) is 0 Å². The summed E-state index contributed by atoms with van der Waals surface area (Å²) in [5, 5.41) is 3.48. The van der Waals surface area contributed by atoms with E-state index in [2.05, 4.69) is 19.2 Å². The normalized spacial score (nSPS) is 12.7. The molecule has 1 nitrogen and oxygen atoms in total. The van der Waals surface area contributed by atoms with Crippen molar-refractivity contribution < 1.29 is 4.39 Å². The highest BCUT2D eigenvalue weighted by Crippen LogP contribution is 2.20. The van der Waals surface area contributed by atoms with E-state index in [1.165, 1.54) is 0 Å². The van der Waals surface area contributed by atoms with Gasteiger partial charge in [0.25, 0.3) is 0 Å². The number of benzene rings is 1. The van der Waals surface area contributed by atoms with Gasteiger partial charge < -0.3 is 5.32 Å². The van der Waals surface area contributed by atoms with E-state index in [0.717, 1.165) is 30.0 Å². The van der Waals surface area contributed by atoms with Gasteiger partial charge in [-0.25, -0.2) is 4.39 Å². The largest absolute Gasteiger partial charge is 0.309 e. The Labute approximate surface area is 108 Å². The van der Waals surface area contributed by atoms with Crippen molar-refractivity contribution in [1.82, 2.24) is 5.32 Å². The van der Waals surface area contributed by atoms with Crippen LogP contribution in [-0.4, -0.2) is 18.1 Å². The molecule has 1 aromatic carbocycles. The number of aryl methyl sites for hydroxylation is 1. The molecule has 1 atom stereocenters. The number of hydrogen-bond donors (Lipinski definition) is 1. The van der Waals surface area contributed by atoms with Crippen LogP contribution in [0.1, 0.15) is 37.4 Å². The topological polar surface area (TPSA) is 12.0 Å². The number of thioether (sulfide) groups is 1. The van der Waals surface area contributed by atoms with Crippen LogP contribution in [0.2, 0.25) is 0 Å². The zero-order valence-corrected chi connectivity index (χ0v) is 11.7. The first-order valence-electron chi connectivity index (χ1n) is 6.26. The lowest BCUT2D eigenvalue weighted by Gasteiger charge is -2.19. The second-order valence-corrected chi connectivity index (χ2v) is 5.49. The molecule has 0 saturated heterocycles. The van der Waals surface area contributed by atoms with Crippen molar-refractivity contribution in [1.29, 1.82) is 0 Å². The van der Waals surface area contributed by atoms with Gasteiger partial charge in [0, 0.05) is 11.8 Å². The summed E-state index contributed by atoms with van der Waals surface area (Å²) in [6.45, 7) is 7.07. The van der Waals surface area contributed by atoms with Crippen LogP contribution in [0.4, 0.5) is 4.39 Å². The molecule has 1 rings (SSSR count). The molecular weight excluding hydrogens is 233 g/mol. The molecular formula is C14H22FNS. The second kappa shape index (κ2) is 7.72. The molecule has 0 fully saturated rings. The predicted octanol–water partition coefficient (Wildman–Crippen LogP) is 3.93. The van der Waals surface area contributed by atoms with Gasteiger partial charge >= 0.3 is 0 Å². The molecule has 1 N–H and O–H groups in total. The van der Waals surface area contributed by atoms with Crippen molar-refractivity contribution in [3.63, 3.8) is 0 Å². The summed E-state index contributed by atoms with van der Waals surface area (Å²) in [4.78, 5) is 0. The zero-order valence-electron chi connectivity index (χ0n) is 10.9. The zero-order chi connectivity index (χ0) is 12.7. The van der Waals surface area contributed by atoms with Crippen LogP contribution in [0.25, 0.3) is 0 Å². The average molecular weight is 255 g/mol. The van der Waals surface area contributed by atoms with Crippen LogP contribution in [0, 0.1) is 12.7 Å². The molecule has 0 spiro atoms. The third-order valence-electron chi connectivity index (χ3n) is 2.73. The maximum Gasteiger partial charge on any atom is 0.126 e. The summed E-state index contributed by atoms with van der Waals surface area (Å²) in [7, 11) is 0. The Hall–Kier alpha value is -0.540. The maximum atomic E-state index is 13.5. The third kappa shape index (κ3) is 4.68. The van der Waals surface area contributed by atoms with Gasteiger partial charge in [0.05, 0.1) is 0 Å². The summed E-state index contributed by atoms with van der Waals surface area (Å²) in [6, 6.07) is 5.82. The molecule has 3 heteroatoms. The molecule has 0 amide bonds. The lowest BCUT2D eigenvalue weighted by atomic mass is 10.1. The van der Waals surface area contributed by atoms with E-state index >= 15 is 0 Å². The fraction of sp³-hybridized carbons (Fsp3) is 0.571. The minimum atomic E-state index is -0.104. The van der Waals surface area contributed by atoms with E-state index in [0.29, 0.717) is 5.56 Å². The molecule has 17 heavy (non-hydrogen) atoms. The average Bonchev–Trinajstić information content (AvgIpc) is 2.33. The van der Waals surface area contributed by atoms with Crippen LogP contribution in [0.15, 0.2) is 18.2 Å². The molecule has 0 aliphatic rings. The van der Waals surface area contributed by atoms with E-state index in [1.807, 2.05) is 23.9 Å². The van der Waals surface area contributed by atoms with Gasteiger partial charge in [-0.1, -0.05) is 26.0 Å². The first kappa shape index (κ1) is 14.5.